The van der Waals surface area contributed by atoms with Gasteiger partial charge in [-0.25, -0.2) is 4.79 Å². The molecule has 0 aromatic carbocycles. The van der Waals surface area contributed by atoms with Crippen molar-refractivity contribution >= 4 is 11.9 Å². The number of nitrogens with zero attached hydrogens (tertiary/aromatic N) is 4. The molecule has 1 saturated heterocycles. The molecule has 2 fully saturated rings. The molecule has 0 radical (unpaired) electrons. The molecular formula is C20H23F3N4O4. The first-order valence-corrected chi connectivity index (χ1v) is 9.72. The van der Waals surface area contributed by atoms with Crippen molar-refractivity contribution in [3.05, 3.63) is 42.5 Å². The van der Waals surface area contributed by atoms with Crippen LogP contribution in [-0.2, 0) is 11.8 Å². The molecule has 2 aromatic heterocycles. The molecule has 2 atom stereocenters. The summed E-state index contributed by atoms with van der Waals surface area (Å²) in [6, 6.07) is 5.60. The number of ether oxygens (including phenoxy) is 1. The van der Waals surface area contributed by atoms with Gasteiger partial charge in [-0.2, -0.15) is 18.3 Å². The minimum absolute atomic E-state index is 0.0735. The first kappa shape index (κ1) is 22.6. The number of halogens is 3. The van der Waals surface area contributed by atoms with E-state index in [1.807, 2.05) is 24.1 Å². The fraction of sp³-hybridized carbons (Fsp3) is 0.500. The van der Waals surface area contributed by atoms with Gasteiger partial charge in [-0.1, -0.05) is 6.42 Å². The fourth-order valence-corrected chi connectivity index (χ4v) is 4.21. The number of carboxylic acids is 1. The Morgan fingerprint density at radius 3 is 2.65 bits per heavy atom. The maximum atomic E-state index is 12.8. The zero-order valence-corrected chi connectivity index (χ0v) is 16.9. The van der Waals surface area contributed by atoms with Crippen LogP contribution in [0.25, 0.3) is 0 Å². The van der Waals surface area contributed by atoms with Crippen molar-refractivity contribution in [2.45, 2.75) is 25.4 Å². The molecule has 11 heteroatoms. The SMILES string of the molecule is Cn1nccc1C(=O)N1C[C@H]2CCC[C@@]2(COc2cccnc2)C1.O=C(O)C(F)(F)F. The molecule has 31 heavy (non-hydrogen) atoms. The molecule has 4 rings (SSSR count). The lowest BCUT2D eigenvalue weighted by Gasteiger charge is -2.28. The Kier molecular flexibility index (Phi) is 6.51. The molecule has 2 aliphatic rings. The first-order chi connectivity index (χ1) is 14.6. The maximum absolute atomic E-state index is 12.8. The molecule has 3 heterocycles. The van der Waals surface area contributed by atoms with Crippen LogP contribution in [0.1, 0.15) is 29.8 Å². The number of pyridine rings is 1. The number of hydrogen-bond acceptors (Lipinski definition) is 5. The molecule has 8 nitrogen and oxygen atoms in total. The average Bonchev–Trinajstić information content (AvgIpc) is 3.40. The van der Waals surface area contributed by atoms with Crippen LogP contribution in [0, 0.1) is 11.3 Å². The second-order valence-electron chi connectivity index (χ2n) is 7.76. The Hall–Kier alpha value is -3.11. The van der Waals surface area contributed by atoms with Gasteiger partial charge < -0.3 is 14.7 Å². The van der Waals surface area contributed by atoms with Gasteiger partial charge in [0.05, 0.1) is 12.8 Å². The van der Waals surface area contributed by atoms with E-state index in [1.54, 1.807) is 29.3 Å². The molecule has 1 aliphatic heterocycles. The number of amides is 1. The van der Waals surface area contributed by atoms with Gasteiger partial charge in [0, 0.05) is 37.9 Å². The third kappa shape index (κ3) is 5.15. The largest absolute Gasteiger partial charge is 0.491 e. The van der Waals surface area contributed by atoms with Crippen molar-refractivity contribution in [2.24, 2.45) is 18.4 Å². The quantitative estimate of drug-likeness (QED) is 0.785. The second kappa shape index (κ2) is 8.94. The highest BCUT2D eigenvalue weighted by Gasteiger charge is 2.51. The van der Waals surface area contributed by atoms with Gasteiger partial charge in [0.15, 0.2) is 0 Å². The summed E-state index contributed by atoms with van der Waals surface area (Å²) in [6.07, 6.45) is 3.58. The summed E-state index contributed by atoms with van der Waals surface area (Å²) in [7, 11) is 1.81. The van der Waals surface area contributed by atoms with Crippen LogP contribution < -0.4 is 4.74 Å². The number of fused-ring (bicyclic) bond motifs is 1. The highest BCUT2D eigenvalue weighted by Crippen LogP contribution is 2.49. The Labute approximate surface area is 176 Å². The number of aliphatic carboxylic acids is 1. The Balaban J connectivity index is 0.000000339. The number of aryl methyl sites for hydroxylation is 1. The summed E-state index contributed by atoms with van der Waals surface area (Å²) in [6.45, 7) is 2.24. The van der Waals surface area contributed by atoms with Gasteiger partial charge in [0.1, 0.15) is 11.4 Å². The van der Waals surface area contributed by atoms with Crippen molar-refractivity contribution in [1.82, 2.24) is 19.7 Å². The predicted octanol–water partition coefficient (Wildman–Crippen LogP) is 2.77. The van der Waals surface area contributed by atoms with E-state index in [2.05, 4.69) is 10.1 Å². The van der Waals surface area contributed by atoms with E-state index in [4.69, 9.17) is 14.6 Å². The lowest BCUT2D eigenvalue weighted by atomic mass is 9.81. The third-order valence-corrected chi connectivity index (χ3v) is 5.77. The van der Waals surface area contributed by atoms with Crippen LogP contribution in [0.4, 0.5) is 13.2 Å². The summed E-state index contributed by atoms with van der Waals surface area (Å²) < 4.78 is 39.4. The standard InChI is InChI=1S/C18H22N4O2.C2HF3O2/c1-21-16(6-9-20-21)17(23)22-11-14-4-2-7-18(14,12-22)13-24-15-5-3-8-19-10-15;3-2(4,5)1(6)7/h3,5-6,8-10,14H,2,4,7,11-13H2,1H3;(H,6,7)/t14-,18+;/m1./s1. The number of aromatic nitrogens is 3. The van der Waals surface area contributed by atoms with Crippen molar-refractivity contribution in [3.63, 3.8) is 0 Å². The average molecular weight is 440 g/mol. The van der Waals surface area contributed by atoms with Gasteiger partial charge in [-0.15, -0.1) is 0 Å². The molecule has 1 amide bonds. The van der Waals surface area contributed by atoms with Gasteiger partial charge in [-0.05, 0) is 37.0 Å². The summed E-state index contributed by atoms with van der Waals surface area (Å²) >= 11 is 0. The molecular weight excluding hydrogens is 417 g/mol. The van der Waals surface area contributed by atoms with Crippen LogP contribution in [-0.4, -0.2) is 62.5 Å². The van der Waals surface area contributed by atoms with E-state index in [1.165, 1.54) is 12.8 Å². The van der Waals surface area contributed by atoms with Crippen LogP contribution in [0.3, 0.4) is 0 Å². The van der Waals surface area contributed by atoms with Crippen molar-refractivity contribution in [3.8, 4) is 5.75 Å². The monoisotopic (exact) mass is 440 g/mol. The van der Waals surface area contributed by atoms with E-state index < -0.39 is 12.1 Å². The van der Waals surface area contributed by atoms with Gasteiger partial charge in [0.25, 0.3) is 5.91 Å². The van der Waals surface area contributed by atoms with Crippen molar-refractivity contribution in [1.29, 1.82) is 0 Å². The molecule has 1 N–H and O–H groups in total. The highest BCUT2D eigenvalue weighted by atomic mass is 19.4. The van der Waals surface area contributed by atoms with Crippen LogP contribution >= 0.6 is 0 Å². The summed E-state index contributed by atoms with van der Waals surface area (Å²) in [5.74, 6) is -1.36. The van der Waals surface area contributed by atoms with Gasteiger partial charge in [-0.3, -0.25) is 14.5 Å². The summed E-state index contributed by atoms with van der Waals surface area (Å²) in [5, 5.41) is 11.2. The number of carbonyl (C=O) groups is 2. The molecule has 0 unspecified atom stereocenters. The molecule has 0 spiro atoms. The Morgan fingerprint density at radius 2 is 2.06 bits per heavy atom. The summed E-state index contributed by atoms with van der Waals surface area (Å²) in [4.78, 5) is 27.8. The third-order valence-electron chi connectivity index (χ3n) is 5.77. The molecule has 0 bridgehead atoms. The predicted molar refractivity (Wildman–Crippen MR) is 102 cm³/mol. The number of rotatable bonds is 4. The fourth-order valence-electron chi connectivity index (χ4n) is 4.21. The zero-order chi connectivity index (χ0) is 22.6. The minimum Gasteiger partial charge on any atom is -0.491 e. The van der Waals surface area contributed by atoms with E-state index in [9.17, 15) is 18.0 Å². The zero-order valence-electron chi connectivity index (χ0n) is 16.9. The summed E-state index contributed by atoms with van der Waals surface area (Å²) in [5.41, 5.74) is 0.725. The number of hydrogen-bond donors (Lipinski definition) is 1. The van der Waals surface area contributed by atoms with E-state index in [0.717, 1.165) is 25.3 Å². The number of carboxylic acid groups (broad SMARTS) is 1. The number of alkyl halides is 3. The molecule has 2 aromatic rings. The Morgan fingerprint density at radius 1 is 1.32 bits per heavy atom. The number of carbonyl (C=O) groups excluding carboxylic acids is 1. The van der Waals surface area contributed by atoms with Crippen LogP contribution in [0.5, 0.6) is 5.75 Å². The second-order valence-corrected chi connectivity index (χ2v) is 7.76. The molecule has 1 aliphatic carbocycles. The Bertz CT molecular complexity index is 919. The lowest BCUT2D eigenvalue weighted by molar-refractivity contribution is -0.192. The van der Waals surface area contributed by atoms with E-state index >= 15 is 0 Å². The van der Waals surface area contributed by atoms with E-state index in [-0.39, 0.29) is 11.3 Å². The highest BCUT2D eigenvalue weighted by molar-refractivity contribution is 5.92. The van der Waals surface area contributed by atoms with Gasteiger partial charge >= 0.3 is 12.1 Å². The lowest BCUT2D eigenvalue weighted by Crippen LogP contribution is -2.36. The molecule has 168 valence electrons. The van der Waals surface area contributed by atoms with Crippen LogP contribution in [0.15, 0.2) is 36.8 Å². The van der Waals surface area contributed by atoms with E-state index in [0.29, 0.717) is 18.2 Å². The van der Waals surface area contributed by atoms with Gasteiger partial charge in [0.2, 0.25) is 0 Å². The van der Waals surface area contributed by atoms with Crippen LogP contribution in [0.2, 0.25) is 0 Å². The first-order valence-electron chi connectivity index (χ1n) is 9.72. The maximum Gasteiger partial charge on any atom is 0.490 e. The smallest absolute Gasteiger partial charge is 0.490 e. The topological polar surface area (TPSA) is 97.5 Å². The normalized spacial score (nSPS) is 22.5. The molecule has 1 saturated carbocycles. The van der Waals surface area contributed by atoms with Crippen molar-refractivity contribution in [2.75, 3.05) is 19.7 Å². The van der Waals surface area contributed by atoms with Crippen molar-refractivity contribution < 1.29 is 32.6 Å². The number of likely N-dealkylation sites (tertiary alicyclic amines) is 1. The minimum atomic E-state index is -5.08.